The summed E-state index contributed by atoms with van der Waals surface area (Å²) in [4.78, 5) is 0.0953. The number of rotatable bonds is 3. The second-order valence-electron chi connectivity index (χ2n) is 6.04. The van der Waals surface area contributed by atoms with Crippen molar-refractivity contribution in [1.82, 2.24) is 0 Å². The highest BCUT2D eigenvalue weighted by Gasteiger charge is 2.32. The van der Waals surface area contributed by atoms with Gasteiger partial charge in [-0.15, -0.1) is 0 Å². The standard InChI is InChI=1S/C15H19NO5S2/c16-23(19,20)21-12-7-8-13-14(10-22(17,18)15(13)9-12)11-5-3-1-2-4-6-11/h7-11H,1-6H2,(H2,16,19,20). The molecule has 0 amide bonds. The molecule has 1 aromatic carbocycles. The maximum absolute atomic E-state index is 12.4. The van der Waals surface area contributed by atoms with Crippen molar-refractivity contribution in [1.29, 1.82) is 0 Å². The molecule has 1 aromatic rings. The van der Waals surface area contributed by atoms with Gasteiger partial charge in [-0.2, -0.15) is 13.6 Å². The zero-order valence-corrected chi connectivity index (χ0v) is 14.2. The molecule has 23 heavy (non-hydrogen) atoms. The van der Waals surface area contributed by atoms with Crippen molar-refractivity contribution < 1.29 is 21.0 Å². The molecule has 2 aliphatic rings. The lowest BCUT2D eigenvalue weighted by Crippen LogP contribution is -2.19. The van der Waals surface area contributed by atoms with Crippen LogP contribution in [0.15, 0.2) is 28.5 Å². The molecule has 126 valence electrons. The summed E-state index contributed by atoms with van der Waals surface area (Å²) in [6.45, 7) is 0. The van der Waals surface area contributed by atoms with Crippen LogP contribution in [-0.4, -0.2) is 16.8 Å². The Labute approximate surface area is 136 Å². The van der Waals surface area contributed by atoms with Crippen molar-refractivity contribution in [2.75, 3.05) is 0 Å². The summed E-state index contributed by atoms with van der Waals surface area (Å²) in [5.74, 6) is 0.142. The molecule has 0 spiro atoms. The first-order chi connectivity index (χ1) is 10.8. The Bertz CT molecular complexity index is 848. The number of benzene rings is 1. The normalized spacial score (nSPS) is 21.3. The van der Waals surface area contributed by atoms with Crippen LogP contribution in [0.2, 0.25) is 0 Å². The van der Waals surface area contributed by atoms with Crippen LogP contribution in [0.1, 0.15) is 44.1 Å². The van der Waals surface area contributed by atoms with Crippen LogP contribution in [0.25, 0.3) is 5.57 Å². The third-order valence-electron chi connectivity index (χ3n) is 4.36. The minimum Gasteiger partial charge on any atom is -0.371 e. The SMILES string of the molecule is NS(=O)(=O)Oc1ccc2c(c1)S(=O)(=O)C=C2C1CCCCCC1. The molecular weight excluding hydrogens is 338 g/mol. The molecule has 1 fully saturated rings. The fourth-order valence-corrected chi connectivity index (χ4v) is 5.29. The molecule has 1 aliphatic heterocycles. The number of fused-ring (bicyclic) bond motifs is 1. The lowest BCUT2D eigenvalue weighted by molar-refractivity contribution is 0.486. The summed E-state index contributed by atoms with van der Waals surface area (Å²) in [5, 5.41) is 6.16. The first-order valence-corrected chi connectivity index (χ1v) is 10.6. The number of sulfone groups is 1. The van der Waals surface area contributed by atoms with E-state index in [9.17, 15) is 16.8 Å². The Hall–Kier alpha value is -1.38. The van der Waals surface area contributed by atoms with Crippen LogP contribution in [-0.2, 0) is 20.1 Å². The predicted molar refractivity (Wildman–Crippen MR) is 86.5 cm³/mol. The van der Waals surface area contributed by atoms with Crippen molar-refractivity contribution in [2.45, 2.75) is 43.4 Å². The van der Waals surface area contributed by atoms with E-state index >= 15 is 0 Å². The number of hydrogen-bond donors (Lipinski definition) is 1. The van der Waals surface area contributed by atoms with E-state index in [4.69, 9.17) is 5.14 Å². The highest BCUT2D eigenvalue weighted by atomic mass is 32.2. The van der Waals surface area contributed by atoms with Gasteiger partial charge in [0.15, 0.2) is 0 Å². The third-order valence-corrected chi connectivity index (χ3v) is 6.30. The van der Waals surface area contributed by atoms with Crippen LogP contribution < -0.4 is 9.32 Å². The molecule has 1 heterocycles. The monoisotopic (exact) mass is 357 g/mol. The Balaban J connectivity index is 1.99. The zero-order chi connectivity index (χ0) is 16.7. The van der Waals surface area contributed by atoms with Crippen LogP contribution in [0.5, 0.6) is 5.75 Å². The predicted octanol–water partition coefficient (Wildman–Crippen LogP) is 2.37. The number of allylic oxidation sites excluding steroid dienone is 1. The highest BCUT2D eigenvalue weighted by Crippen LogP contribution is 2.43. The molecule has 2 N–H and O–H groups in total. The van der Waals surface area contributed by atoms with E-state index in [1.54, 1.807) is 6.07 Å². The first-order valence-electron chi connectivity index (χ1n) is 7.59. The van der Waals surface area contributed by atoms with Gasteiger partial charge >= 0.3 is 10.3 Å². The Morgan fingerprint density at radius 2 is 1.74 bits per heavy atom. The van der Waals surface area contributed by atoms with Gasteiger partial charge in [-0.1, -0.05) is 25.7 Å². The zero-order valence-electron chi connectivity index (χ0n) is 12.6. The summed E-state index contributed by atoms with van der Waals surface area (Å²) in [7, 11) is -7.75. The molecule has 6 nitrogen and oxygen atoms in total. The van der Waals surface area contributed by atoms with Gasteiger partial charge in [-0.3, -0.25) is 0 Å². The van der Waals surface area contributed by atoms with E-state index in [0.717, 1.165) is 31.3 Å². The van der Waals surface area contributed by atoms with Crippen LogP contribution >= 0.6 is 0 Å². The van der Waals surface area contributed by atoms with Gasteiger partial charge in [0.25, 0.3) is 0 Å². The number of hydrogen-bond acceptors (Lipinski definition) is 5. The molecule has 0 aromatic heterocycles. The van der Waals surface area contributed by atoms with Crippen molar-refractivity contribution in [3.63, 3.8) is 0 Å². The fraction of sp³-hybridized carbons (Fsp3) is 0.467. The molecule has 0 radical (unpaired) electrons. The molecule has 8 heteroatoms. The Morgan fingerprint density at radius 1 is 1.09 bits per heavy atom. The molecule has 1 aliphatic carbocycles. The van der Waals surface area contributed by atoms with E-state index in [2.05, 4.69) is 4.18 Å². The smallest absolute Gasteiger partial charge is 0.371 e. The van der Waals surface area contributed by atoms with Crippen molar-refractivity contribution >= 4 is 25.7 Å². The first kappa shape index (κ1) is 16.5. The average molecular weight is 357 g/mol. The van der Waals surface area contributed by atoms with E-state index in [1.807, 2.05) is 0 Å². The maximum Gasteiger partial charge on any atom is 0.380 e. The molecule has 3 rings (SSSR count). The van der Waals surface area contributed by atoms with Gasteiger partial charge in [-0.05, 0) is 42.0 Å². The topological polar surface area (TPSA) is 104 Å². The Morgan fingerprint density at radius 3 is 2.35 bits per heavy atom. The van der Waals surface area contributed by atoms with Gasteiger partial charge in [0.1, 0.15) is 5.75 Å². The minimum absolute atomic E-state index is 0.0923. The maximum atomic E-state index is 12.4. The van der Waals surface area contributed by atoms with E-state index in [-0.39, 0.29) is 16.6 Å². The molecule has 0 unspecified atom stereocenters. The largest absolute Gasteiger partial charge is 0.380 e. The molecule has 0 atom stereocenters. The molecule has 1 saturated carbocycles. The van der Waals surface area contributed by atoms with E-state index < -0.39 is 20.1 Å². The van der Waals surface area contributed by atoms with Crippen molar-refractivity contribution in [3.8, 4) is 5.75 Å². The van der Waals surface area contributed by atoms with Gasteiger partial charge in [0.05, 0.1) is 4.90 Å². The minimum atomic E-state index is -4.18. The highest BCUT2D eigenvalue weighted by molar-refractivity contribution is 7.95. The third kappa shape index (κ3) is 3.59. The van der Waals surface area contributed by atoms with Crippen LogP contribution in [0.4, 0.5) is 0 Å². The molecular formula is C15H19NO5S2. The quantitative estimate of drug-likeness (QED) is 0.836. The van der Waals surface area contributed by atoms with Gasteiger partial charge < -0.3 is 4.18 Å². The van der Waals surface area contributed by atoms with Gasteiger partial charge in [0.2, 0.25) is 9.84 Å². The molecule has 0 saturated heterocycles. The van der Waals surface area contributed by atoms with Crippen molar-refractivity contribution in [2.24, 2.45) is 11.1 Å². The summed E-state index contributed by atoms with van der Waals surface area (Å²) in [6.07, 6.45) is 6.54. The fourth-order valence-electron chi connectivity index (χ4n) is 3.36. The lowest BCUT2D eigenvalue weighted by Gasteiger charge is -2.16. The summed E-state index contributed by atoms with van der Waals surface area (Å²) in [6, 6.07) is 4.28. The second-order valence-corrected chi connectivity index (χ2v) is 8.96. The van der Waals surface area contributed by atoms with Crippen molar-refractivity contribution in [3.05, 3.63) is 29.2 Å². The summed E-state index contributed by atoms with van der Waals surface area (Å²) < 4.78 is 51.4. The number of nitrogens with two attached hydrogens (primary N) is 1. The van der Waals surface area contributed by atoms with Gasteiger partial charge in [0, 0.05) is 11.5 Å². The second kappa shape index (κ2) is 5.92. The van der Waals surface area contributed by atoms with E-state index in [1.165, 1.54) is 30.4 Å². The summed E-state index contributed by atoms with van der Waals surface area (Å²) in [5.41, 5.74) is 1.49. The average Bonchev–Trinajstić information content (AvgIpc) is 2.64. The Kier molecular flexibility index (Phi) is 4.24. The van der Waals surface area contributed by atoms with Crippen LogP contribution in [0, 0.1) is 5.92 Å². The van der Waals surface area contributed by atoms with Crippen LogP contribution in [0.3, 0.4) is 0 Å². The lowest BCUT2D eigenvalue weighted by atomic mass is 9.88. The van der Waals surface area contributed by atoms with Gasteiger partial charge in [-0.25, -0.2) is 8.42 Å². The van der Waals surface area contributed by atoms with E-state index in [0.29, 0.717) is 5.56 Å². The molecule has 0 bridgehead atoms. The summed E-state index contributed by atoms with van der Waals surface area (Å²) >= 11 is 0.